The van der Waals surface area contributed by atoms with Crippen LogP contribution in [-0.4, -0.2) is 16.0 Å². The van der Waals surface area contributed by atoms with Gasteiger partial charge in [0.05, 0.1) is 11.3 Å². The van der Waals surface area contributed by atoms with E-state index in [1.165, 1.54) is 6.08 Å². The number of anilines is 1. The molecule has 1 aromatic heterocycles. The van der Waals surface area contributed by atoms with E-state index in [1.807, 2.05) is 60.7 Å². The molecule has 0 atom stereocenters. The lowest BCUT2D eigenvalue weighted by Gasteiger charge is -2.06. The van der Waals surface area contributed by atoms with Crippen LogP contribution in [-0.2, 0) is 11.2 Å². The van der Waals surface area contributed by atoms with Crippen LogP contribution in [0.25, 0.3) is 17.5 Å². The number of nitrogens with zero attached hydrogens (tertiary/aromatic N) is 2. The number of nitrogens with one attached hydrogen (secondary N) is 1. The minimum atomic E-state index is -0.263. The summed E-state index contributed by atoms with van der Waals surface area (Å²) < 4.78 is 5.44. The van der Waals surface area contributed by atoms with E-state index in [1.54, 1.807) is 24.3 Å². The van der Waals surface area contributed by atoms with Crippen LogP contribution in [0.1, 0.15) is 17.0 Å². The number of aromatic nitrogens is 2. The number of benzene rings is 3. The van der Waals surface area contributed by atoms with E-state index in [4.69, 9.17) is 16.1 Å². The highest BCUT2D eigenvalue weighted by Crippen LogP contribution is 2.27. The van der Waals surface area contributed by atoms with Crippen LogP contribution in [0.3, 0.4) is 0 Å². The van der Waals surface area contributed by atoms with Crippen LogP contribution in [0.15, 0.2) is 89.5 Å². The molecule has 4 aromatic rings. The number of rotatable bonds is 6. The molecule has 0 saturated heterocycles. The van der Waals surface area contributed by atoms with Crippen LogP contribution in [0.2, 0.25) is 5.02 Å². The fourth-order valence-corrected chi connectivity index (χ4v) is 3.04. The van der Waals surface area contributed by atoms with Gasteiger partial charge in [-0.2, -0.15) is 4.98 Å². The number of hydrogen-bond donors (Lipinski definition) is 1. The molecule has 0 fully saturated rings. The van der Waals surface area contributed by atoms with Crippen LogP contribution >= 0.6 is 11.6 Å². The summed E-state index contributed by atoms with van der Waals surface area (Å²) in [6.45, 7) is 0. The third kappa shape index (κ3) is 5.01. The Kier molecular flexibility index (Phi) is 6.01. The van der Waals surface area contributed by atoms with E-state index in [-0.39, 0.29) is 5.91 Å². The van der Waals surface area contributed by atoms with Crippen molar-refractivity contribution >= 4 is 29.3 Å². The van der Waals surface area contributed by atoms with Gasteiger partial charge in [0, 0.05) is 17.5 Å². The summed E-state index contributed by atoms with van der Waals surface area (Å²) in [7, 11) is 0. The molecule has 0 saturated carbocycles. The summed E-state index contributed by atoms with van der Waals surface area (Å²) in [6.07, 6.45) is 3.76. The van der Waals surface area contributed by atoms with Crippen molar-refractivity contribution in [2.45, 2.75) is 6.42 Å². The van der Waals surface area contributed by atoms with Gasteiger partial charge in [-0.1, -0.05) is 71.4 Å². The van der Waals surface area contributed by atoms with Crippen LogP contribution in [0.5, 0.6) is 0 Å². The summed E-state index contributed by atoms with van der Waals surface area (Å²) in [5.74, 6) is 0.680. The summed E-state index contributed by atoms with van der Waals surface area (Å²) in [4.78, 5) is 16.9. The summed E-state index contributed by atoms with van der Waals surface area (Å²) in [5.41, 5.74) is 3.24. The molecule has 30 heavy (non-hydrogen) atoms. The fourth-order valence-electron chi connectivity index (χ4n) is 2.91. The van der Waals surface area contributed by atoms with Gasteiger partial charge in [-0.3, -0.25) is 4.79 Å². The molecule has 1 N–H and O–H groups in total. The summed E-state index contributed by atoms with van der Waals surface area (Å²) >= 11 is 5.88. The molecule has 3 aromatic carbocycles. The van der Waals surface area contributed by atoms with Crippen molar-refractivity contribution < 1.29 is 9.32 Å². The third-order valence-corrected chi connectivity index (χ3v) is 4.64. The van der Waals surface area contributed by atoms with Crippen LogP contribution < -0.4 is 5.32 Å². The predicted molar refractivity (Wildman–Crippen MR) is 118 cm³/mol. The molecule has 0 aliphatic heterocycles. The zero-order valence-electron chi connectivity index (χ0n) is 16.0. The second kappa shape index (κ2) is 9.20. The van der Waals surface area contributed by atoms with Crippen molar-refractivity contribution in [2.24, 2.45) is 0 Å². The molecule has 0 aliphatic rings. The highest BCUT2D eigenvalue weighted by molar-refractivity contribution is 6.30. The molecule has 148 valence electrons. The normalized spacial score (nSPS) is 11.0. The van der Waals surface area contributed by atoms with Gasteiger partial charge in [0.15, 0.2) is 5.82 Å². The van der Waals surface area contributed by atoms with Crippen molar-refractivity contribution in [3.63, 3.8) is 0 Å². The van der Waals surface area contributed by atoms with Gasteiger partial charge < -0.3 is 9.84 Å². The van der Waals surface area contributed by atoms with Gasteiger partial charge in [0.1, 0.15) is 0 Å². The number of hydrogen-bond acceptors (Lipinski definition) is 4. The van der Waals surface area contributed by atoms with Gasteiger partial charge in [0.25, 0.3) is 5.89 Å². The van der Waals surface area contributed by atoms with Gasteiger partial charge >= 0.3 is 0 Å². The molecule has 1 amide bonds. The van der Waals surface area contributed by atoms with E-state index in [2.05, 4.69) is 15.5 Å². The Hall–Kier alpha value is -3.70. The average molecular weight is 416 g/mol. The van der Waals surface area contributed by atoms with Crippen molar-refractivity contribution in [3.8, 4) is 11.5 Å². The molecule has 6 heteroatoms. The summed E-state index contributed by atoms with van der Waals surface area (Å²) in [6, 6.07) is 24.5. The maximum Gasteiger partial charge on any atom is 0.260 e. The van der Waals surface area contributed by atoms with Gasteiger partial charge in [-0.25, -0.2) is 0 Å². The average Bonchev–Trinajstić information content (AvgIpc) is 3.23. The second-order valence-electron chi connectivity index (χ2n) is 6.60. The molecule has 0 radical (unpaired) electrons. The molecular formula is C24H18ClN3O2. The fraction of sp³-hybridized carbons (Fsp3) is 0.0417. The quantitative estimate of drug-likeness (QED) is 0.414. The van der Waals surface area contributed by atoms with E-state index in [0.717, 1.165) is 11.1 Å². The lowest BCUT2D eigenvalue weighted by atomic mass is 10.1. The monoisotopic (exact) mass is 415 g/mol. The molecule has 4 rings (SSSR count). The molecule has 0 aliphatic carbocycles. The van der Waals surface area contributed by atoms with Gasteiger partial charge in [0.2, 0.25) is 5.91 Å². The largest absolute Gasteiger partial charge is 0.334 e. The van der Waals surface area contributed by atoms with E-state index >= 15 is 0 Å². The number of amides is 1. The molecular weight excluding hydrogens is 398 g/mol. The lowest BCUT2D eigenvalue weighted by molar-refractivity contribution is -0.111. The topological polar surface area (TPSA) is 68.0 Å². The SMILES string of the molecule is O=C(/C=C/c1ccc(Cl)cc1)Nc1ccccc1-c1nc(Cc2ccccc2)no1. The Morgan fingerprint density at radius 1 is 0.967 bits per heavy atom. The van der Waals surface area contributed by atoms with Crippen LogP contribution in [0, 0.1) is 0 Å². The number of carbonyl (C=O) groups excluding carboxylic acids is 1. The second-order valence-corrected chi connectivity index (χ2v) is 7.03. The van der Waals surface area contributed by atoms with Gasteiger partial charge in [-0.05, 0) is 41.5 Å². The Labute approximate surface area is 179 Å². The van der Waals surface area contributed by atoms with Crippen molar-refractivity contribution in [2.75, 3.05) is 5.32 Å². The molecule has 1 heterocycles. The zero-order valence-corrected chi connectivity index (χ0v) is 16.7. The maximum absolute atomic E-state index is 12.4. The minimum absolute atomic E-state index is 0.263. The minimum Gasteiger partial charge on any atom is -0.334 e. The molecule has 5 nitrogen and oxygen atoms in total. The Morgan fingerprint density at radius 3 is 2.50 bits per heavy atom. The highest BCUT2D eigenvalue weighted by Gasteiger charge is 2.14. The first-order chi connectivity index (χ1) is 14.7. The smallest absolute Gasteiger partial charge is 0.260 e. The van der Waals surface area contributed by atoms with E-state index in [0.29, 0.717) is 34.4 Å². The molecule has 0 spiro atoms. The first-order valence-electron chi connectivity index (χ1n) is 9.38. The van der Waals surface area contributed by atoms with Crippen molar-refractivity contribution in [3.05, 3.63) is 107 Å². The number of para-hydroxylation sites is 1. The van der Waals surface area contributed by atoms with Crippen LogP contribution in [0.4, 0.5) is 5.69 Å². The highest BCUT2D eigenvalue weighted by atomic mass is 35.5. The van der Waals surface area contributed by atoms with E-state index < -0.39 is 0 Å². The number of carbonyl (C=O) groups is 1. The van der Waals surface area contributed by atoms with Gasteiger partial charge in [-0.15, -0.1) is 0 Å². The molecule has 0 bridgehead atoms. The maximum atomic E-state index is 12.4. The Balaban J connectivity index is 1.49. The standard InChI is InChI=1S/C24H18ClN3O2/c25-19-13-10-17(11-14-19)12-15-23(29)26-21-9-5-4-8-20(21)24-27-22(28-30-24)16-18-6-2-1-3-7-18/h1-15H,16H2,(H,26,29)/b15-12+. The predicted octanol–water partition coefficient (Wildman–Crippen LogP) is 5.63. The van der Waals surface area contributed by atoms with Crippen molar-refractivity contribution in [1.29, 1.82) is 0 Å². The Bertz CT molecular complexity index is 1170. The third-order valence-electron chi connectivity index (χ3n) is 4.39. The summed E-state index contributed by atoms with van der Waals surface area (Å²) in [5, 5.41) is 7.59. The molecule has 0 unspecified atom stereocenters. The van der Waals surface area contributed by atoms with E-state index in [9.17, 15) is 4.79 Å². The zero-order chi connectivity index (χ0) is 20.8. The lowest BCUT2D eigenvalue weighted by Crippen LogP contribution is -2.08. The first kappa shape index (κ1) is 19.6. The number of halogens is 1. The van der Waals surface area contributed by atoms with Crippen molar-refractivity contribution in [1.82, 2.24) is 10.1 Å². The first-order valence-corrected chi connectivity index (χ1v) is 9.76. The Morgan fingerprint density at radius 2 is 1.70 bits per heavy atom.